The fourth-order valence-corrected chi connectivity index (χ4v) is 3.39. The number of ether oxygens (including phenoxy) is 1. The summed E-state index contributed by atoms with van der Waals surface area (Å²) in [6, 6.07) is 20.3. The van der Waals surface area contributed by atoms with Crippen molar-refractivity contribution in [3.63, 3.8) is 0 Å². The lowest BCUT2D eigenvalue weighted by Crippen LogP contribution is -2.36. The summed E-state index contributed by atoms with van der Waals surface area (Å²) in [5.41, 5.74) is 3.08. The molecule has 0 fully saturated rings. The third-order valence-corrected chi connectivity index (χ3v) is 4.82. The number of aromatic nitrogens is 2. The molecule has 0 saturated heterocycles. The third-order valence-electron chi connectivity index (χ3n) is 4.60. The molecule has 31 heavy (non-hydrogen) atoms. The zero-order valence-electron chi connectivity index (χ0n) is 18.2. The van der Waals surface area contributed by atoms with Gasteiger partial charge in [-0.1, -0.05) is 30.3 Å². The van der Waals surface area contributed by atoms with E-state index in [1.807, 2.05) is 50.2 Å². The summed E-state index contributed by atoms with van der Waals surface area (Å²) >= 11 is 5.46. The molecule has 3 aromatic rings. The molecule has 0 spiro atoms. The number of nitrogens with one attached hydrogen (secondary N) is 3. The van der Waals surface area contributed by atoms with Crippen LogP contribution in [-0.4, -0.2) is 27.7 Å². The van der Waals surface area contributed by atoms with Crippen molar-refractivity contribution in [2.75, 3.05) is 17.2 Å². The topological polar surface area (TPSA) is 71.1 Å². The highest BCUT2D eigenvalue weighted by atomic mass is 32.1. The van der Waals surface area contributed by atoms with E-state index in [0.717, 1.165) is 30.0 Å². The van der Waals surface area contributed by atoms with Crippen LogP contribution in [0.3, 0.4) is 0 Å². The maximum atomic E-state index is 5.48. The van der Waals surface area contributed by atoms with Gasteiger partial charge in [-0.25, -0.2) is 4.98 Å². The maximum absolute atomic E-state index is 5.48. The second kappa shape index (κ2) is 11.3. The highest BCUT2D eigenvalue weighted by Gasteiger charge is 2.08. The second-order valence-electron chi connectivity index (χ2n) is 7.32. The van der Waals surface area contributed by atoms with Crippen LogP contribution in [0.15, 0.2) is 60.7 Å². The second-order valence-corrected chi connectivity index (χ2v) is 7.73. The molecule has 0 aliphatic rings. The van der Waals surface area contributed by atoms with E-state index in [2.05, 4.69) is 57.1 Å². The van der Waals surface area contributed by atoms with Crippen molar-refractivity contribution >= 4 is 34.8 Å². The van der Waals surface area contributed by atoms with Crippen LogP contribution in [-0.2, 0) is 6.42 Å². The molecule has 1 aromatic heterocycles. The van der Waals surface area contributed by atoms with Gasteiger partial charge in [-0.05, 0) is 75.7 Å². The molecule has 0 radical (unpaired) electrons. The van der Waals surface area contributed by atoms with Crippen molar-refractivity contribution in [3.8, 4) is 5.75 Å². The molecule has 7 heteroatoms. The molecular weight excluding hydrogens is 406 g/mol. The van der Waals surface area contributed by atoms with Crippen LogP contribution in [0.2, 0.25) is 0 Å². The molecule has 1 heterocycles. The zero-order chi connectivity index (χ0) is 22.1. The number of nitrogens with zero attached hydrogens (tertiary/aromatic N) is 2. The predicted molar refractivity (Wildman–Crippen MR) is 131 cm³/mol. The van der Waals surface area contributed by atoms with Crippen molar-refractivity contribution in [1.29, 1.82) is 0 Å². The number of benzene rings is 2. The summed E-state index contributed by atoms with van der Waals surface area (Å²) in [6.07, 6.45) is 1.97. The van der Waals surface area contributed by atoms with Crippen LogP contribution in [0, 0.1) is 6.92 Å². The molecule has 0 amide bonds. The summed E-state index contributed by atoms with van der Waals surface area (Å²) in [6.45, 7) is 6.65. The van der Waals surface area contributed by atoms with Gasteiger partial charge in [0.25, 0.3) is 0 Å². The summed E-state index contributed by atoms with van der Waals surface area (Å²) in [4.78, 5) is 8.98. The Morgan fingerprint density at radius 2 is 1.81 bits per heavy atom. The van der Waals surface area contributed by atoms with E-state index in [-0.39, 0.29) is 6.04 Å². The standard InChI is InChI=1S/C24H29N5OS/c1-4-30-21-14-12-20(13-15-21)27-22-16-18(3)25-23(28-22)29-24(31)26-17(2)10-11-19-8-6-5-7-9-19/h5-9,12-17H,4,10-11H2,1-3H3,(H3,25,26,27,28,29,31)/t17-/m1/s1. The minimum atomic E-state index is 0.228. The Balaban J connectivity index is 1.54. The predicted octanol–water partition coefficient (Wildman–Crippen LogP) is 5.24. The Bertz CT molecular complexity index is 979. The van der Waals surface area contributed by atoms with Crippen LogP contribution in [0.1, 0.15) is 31.5 Å². The first kappa shape index (κ1) is 22.5. The first-order valence-corrected chi connectivity index (χ1v) is 10.9. The summed E-state index contributed by atoms with van der Waals surface area (Å²) in [5, 5.41) is 10.2. The van der Waals surface area contributed by atoms with Gasteiger partial charge in [-0.15, -0.1) is 0 Å². The van der Waals surface area contributed by atoms with Gasteiger partial charge in [-0.3, -0.25) is 0 Å². The first-order valence-electron chi connectivity index (χ1n) is 10.5. The van der Waals surface area contributed by atoms with Gasteiger partial charge in [0, 0.05) is 23.5 Å². The van der Waals surface area contributed by atoms with Crippen LogP contribution in [0.25, 0.3) is 0 Å². The SMILES string of the molecule is CCOc1ccc(Nc2cc(C)nc(NC(=S)N[C@H](C)CCc3ccccc3)n2)cc1. The average Bonchev–Trinajstić information content (AvgIpc) is 2.74. The minimum Gasteiger partial charge on any atom is -0.494 e. The Morgan fingerprint density at radius 1 is 1.06 bits per heavy atom. The number of hydrogen-bond acceptors (Lipinski definition) is 5. The summed E-state index contributed by atoms with van der Waals surface area (Å²) in [7, 11) is 0. The molecule has 2 aromatic carbocycles. The van der Waals surface area contributed by atoms with Crippen LogP contribution in [0.4, 0.5) is 17.5 Å². The van der Waals surface area contributed by atoms with Gasteiger partial charge in [0.1, 0.15) is 11.6 Å². The maximum Gasteiger partial charge on any atom is 0.231 e. The summed E-state index contributed by atoms with van der Waals surface area (Å²) in [5.74, 6) is 1.99. The molecule has 6 nitrogen and oxygen atoms in total. The molecule has 1 atom stereocenters. The van der Waals surface area contributed by atoms with Gasteiger partial charge < -0.3 is 20.7 Å². The van der Waals surface area contributed by atoms with Gasteiger partial charge in [-0.2, -0.15) is 4.98 Å². The van der Waals surface area contributed by atoms with Crippen molar-refractivity contribution in [1.82, 2.24) is 15.3 Å². The Labute approximate surface area is 189 Å². The van der Waals surface area contributed by atoms with E-state index in [4.69, 9.17) is 17.0 Å². The zero-order valence-corrected chi connectivity index (χ0v) is 19.0. The number of anilines is 3. The lowest BCUT2D eigenvalue weighted by Gasteiger charge is -2.17. The molecule has 3 N–H and O–H groups in total. The molecule has 0 aliphatic heterocycles. The Kier molecular flexibility index (Phi) is 8.18. The highest BCUT2D eigenvalue weighted by Crippen LogP contribution is 2.20. The highest BCUT2D eigenvalue weighted by molar-refractivity contribution is 7.80. The van der Waals surface area contributed by atoms with Crippen molar-refractivity contribution < 1.29 is 4.74 Å². The number of thiocarbonyl (C=S) groups is 1. The molecule has 0 unspecified atom stereocenters. The smallest absolute Gasteiger partial charge is 0.231 e. The molecule has 0 aliphatic carbocycles. The quantitative estimate of drug-likeness (QED) is 0.397. The van der Waals surface area contributed by atoms with E-state index in [1.165, 1.54) is 5.56 Å². The van der Waals surface area contributed by atoms with E-state index < -0.39 is 0 Å². The third kappa shape index (κ3) is 7.53. The lowest BCUT2D eigenvalue weighted by atomic mass is 10.1. The minimum absolute atomic E-state index is 0.228. The average molecular weight is 436 g/mol. The molecule has 0 bridgehead atoms. The number of aryl methyl sites for hydroxylation is 2. The lowest BCUT2D eigenvalue weighted by molar-refractivity contribution is 0.340. The van der Waals surface area contributed by atoms with Crippen molar-refractivity contribution in [3.05, 3.63) is 71.9 Å². The van der Waals surface area contributed by atoms with Crippen molar-refractivity contribution in [2.24, 2.45) is 0 Å². The van der Waals surface area contributed by atoms with E-state index in [9.17, 15) is 0 Å². The van der Waals surface area contributed by atoms with Gasteiger partial charge >= 0.3 is 0 Å². The van der Waals surface area contributed by atoms with Crippen LogP contribution >= 0.6 is 12.2 Å². The van der Waals surface area contributed by atoms with E-state index >= 15 is 0 Å². The molecule has 0 saturated carbocycles. The largest absolute Gasteiger partial charge is 0.494 e. The molecule has 3 rings (SSSR count). The monoisotopic (exact) mass is 435 g/mol. The number of hydrogen-bond donors (Lipinski definition) is 3. The fourth-order valence-electron chi connectivity index (χ4n) is 3.10. The number of rotatable bonds is 9. The van der Waals surface area contributed by atoms with Gasteiger partial charge in [0.05, 0.1) is 6.61 Å². The fraction of sp³-hybridized carbons (Fsp3) is 0.292. The molecular formula is C24H29N5OS. The Morgan fingerprint density at radius 3 is 2.52 bits per heavy atom. The van der Waals surface area contributed by atoms with E-state index in [1.54, 1.807) is 0 Å². The molecule has 162 valence electrons. The van der Waals surface area contributed by atoms with E-state index in [0.29, 0.717) is 23.5 Å². The summed E-state index contributed by atoms with van der Waals surface area (Å²) < 4.78 is 5.48. The van der Waals surface area contributed by atoms with Gasteiger partial charge in [0.15, 0.2) is 5.11 Å². The van der Waals surface area contributed by atoms with Crippen molar-refractivity contribution in [2.45, 2.75) is 39.7 Å². The normalized spacial score (nSPS) is 11.5. The first-order chi connectivity index (χ1) is 15.0. The Hall–Kier alpha value is -3.19. The van der Waals surface area contributed by atoms with Crippen LogP contribution in [0.5, 0.6) is 5.75 Å². The van der Waals surface area contributed by atoms with Crippen LogP contribution < -0.4 is 20.7 Å². The van der Waals surface area contributed by atoms with Gasteiger partial charge in [0.2, 0.25) is 5.95 Å².